The number of carbonyl (C=O) groups excluding carboxylic acids is 2. The molecule has 0 aliphatic rings. The van der Waals surface area contributed by atoms with Gasteiger partial charge in [-0.1, -0.05) is 17.7 Å². The van der Waals surface area contributed by atoms with Crippen LogP contribution in [0.25, 0.3) is 0 Å². The summed E-state index contributed by atoms with van der Waals surface area (Å²) in [4.78, 5) is 24.1. The normalized spacial score (nSPS) is 10.9. The molecule has 0 heterocycles. The molecule has 34 heavy (non-hydrogen) atoms. The van der Waals surface area contributed by atoms with Crippen molar-refractivity contribution >= 4 is 33.3 Å². The number of rotatable bonds is 9. The Hall–Kier alpha value is -3.85. The SMILES string of the molecule is CCOC(=O)c1ccc(NC(=O)COc2ccc(N(C)S(=O)(=O)c3ccc(C)cc3)cc2)cc1. The van der Waals surface area contributed by atoms with Gasteiger partial charge in [0.25, 0.3) is 15.9 Å². The zero-order valence-corrected chi connectivity index (χ0v) is 20.0. The lowest BCUT2D eigenvalue weighted by Gasteiger charge is -2.20. The van der Waals surface area contributed by atoms with Crippen LogP contribution in [0.2, 0.25) is 0 Å². The Bertz CT molecular complexity index is 1240. The van der Waals surface area contributed by atoms with Crippen LogP contribution in [0, 0.1) is 6.92 Å². The van der Waals surface area contributed by atoms with Crippen molar-refractivity contribution in [2.45, 2.75) is 18.7 Å². The van der Waals surface area contributed by atoms with Gasteiger partial charge in [-0.2, -0.15) is 0 Å². The van der Waals surface area contributed by atoms with E-state index in [-0.39, 0.29) is 24.0 Å². The predicted octanol–water partition coefficient (Wildman–Crippen LogP) is 4.01. The van der Waals surface area contributed by atoms with E-state index < -0.39 is 16.0 Å². The minimum Gasteiger partial charge on any atom is -0.484 e. The molecule has 0 saturated carbocycles. The molecule has 178 valence electrons. The first-order chi connectivity index (χ1) is 16.2. The maximum absolute atomic E-state index is 12.8. The van der Waals surface area contributed by atoms with E-state index in [0.717, 1.165) is 5.56 Å². The van der Waals surface area contributed by atoms with Gasteiger partial charge in [0.05, 0.1) is 22.8 Å². The number of aryl methyl sites for hydroxylation is 1. The van der Waals surface area contributed by atoms with Gasteiger partial charge in [-0.25, -0.2) is 13.2 Å². The Balaban J connectivity index is 1.55. The molecule has 1 N–H and O–H groups in total. The van der Waals surface area contributed by atoms with Gasteiger partial charge in [0.2, 0.25) is 0 Å². The van der Waals surface area contributed by atoms with Crippen molar-refractivity contribution in [2.24, 2.45) is 0 Å². The van der Waals surface area contributed by atoms with Crippen LogP contribution in [0.3, 0.4) is 0 Å². The number of hydrogen-bond donors (Lipinski definition) is 1. The fourth-order valence-corrected chi connectivity index (χ4v) is 4.20. The lowest BCUT2D eigenvalue weighted by molar-refractivity contribution is -0.118. The van der Waals surface area contributed by atoms with Gasteiger partial charge in [-0.15, -0.1) is 0 Å². The maximum Gasteiger partial charge on any atom is 0.338 e. The molecule has 0 fully saturated rings. The number of esters is 1. The highest BCUT2D eigenvalue weighted by molar-refractivity contribution is 7.92. The Morgan fingerprint density at radius 3 is 2.12 bits per heavy atom. The van der Waals surface area contributed by atoms with E-state index in [2.05, 4.69) is 5.32 Å². The van der Waals surface area contributed by atoms with Gasteiger partial charge < -0.3 is 14.8 Å². The maximum atomic E-state index is 12.8. The zero-order chi connectivity index (χ0) is 24.7. The van der Waals surface area contributed by atoms with Gasteiger partial charge in [0, 0.05) is 12.7 Å². The van der Waals surface area contributed by atoms with E-state index >= 15 is 0 Å². The topological polar surface area (TPSA) is 102 Å². The molecule has 0 unspecified atom stereocenters. The smallest absolute Gasteiger partial charge is 0.338 e. The second-order valence-corrected chi connectivity index (χ2v) is 9.38. The van der Waals surface area contributed by atoms with Crippen LogP contribution >= 0.6 is 0 Å². The van der Waals surface area contributed by atoms with E-state index in [9.17, 15) is 18.0 Å². The van der Waals surface area contributed by atoms with Crippen molar-refractivity contribution in [1.29, 1.82) is 0 Å². The minimum atomic E-state index is -3.69. The number of benzene rings is 3. The standard InChI is InChI=1S/C25H26N2O6S/c1-4-32-25(29)19-7-9-20(10-8-19)26-24(28)17-33-22-13-11-21(12-14-22)27(3)34(30,31)23-15-5-18(2)6-16-23/h5-16H,4,17H2,1-3H3,(H,26,28). The molecule has 3 aromatic rings. The summed E-state index contributed by atoms with van der Waals surface area (Å²) in [6.45, 7) is 3.66. The first-order valence-corrected chi connectivity index (χ1v) is 12.0. The molecule has 8 nitrogen and oxygen atoms in total. The van der Waals surface area contributed by atoms with E-state index in [4.69, 9.17) is 9.47 Å². The van der Waals surface area contributed by atoms with Crippen LogP contribution < -0.4 is 14.4 Å². The number of anilines is 2. The molecule has 0 radical (unpaired) electrons. The molecular formula is C25H26N2O6S. The number of amides is 1. The summed E-state index contributed by atoms with van der Waals surface area (Å²) < 4.78 is 37.3. The lowest BCUT2D eigenvalue weighted by atomic mass is 10.2. The lowest BCUT2D eigenvalue weighted by Crippen LogP contribution is -2.26. The summed E-state index contributed by atoms with van der Waals surface area (Å²) in [6.07, 6.45) is 0. The van der Waals surface area contributed by atoms with E-state index in [1.54, 1.807) is 79.7 Å². The van der Waals surface area contributed by atoms with Crippen LogP contribution in [0.4, 0.5) is 11.4 Å². The first kappa shape index (κ1) is 24.8. The monoisotopic (exact) mass is 482 g/mol. The van der Waals surface area contributed by atoms with Crippen molar-refractivity contribution in [3.63, 3.8) is 0 Å². The first-order valence-electron chi connectivity index (χ1n) is 10.6. The molecule has 0 saturated heterocycles. The third kappa shape index (κ3) is 6.14. The van der Waals surface area contributed by atoms with Crippen LogP contribution in [0.15, 0.2) is 77.7 Å². The number of carbonyl (C=O) groups is 2. The third-order valence-electron chi connectivity index (χ3n) is 4.93. The number of nitrogens with zero attached hydrogens (tertiary/aromatic N) is 1. The van der Waals surface area contributed by atoms with Gasteiger partial charge in [-0.05, 0) is 74.5 Å². The van der Waals surface area contributed by atoms with E-state index in [1.807, 2.05) is 6.92 Å². The largest absolute Gasteiger partial charge is 0.484 e. The van der Waals surface area contributed by atoms with Crippen LogP contribution in [0.5, 0.6) is 5.75 Å². The number of nitrogens with one attached hydrogen (secondary N) is 1. The minimum absolute atomic E-state index is 0.202. The Kier molecular flexibility index (Phi) is 7.91. The molecular weight excluding hydrogens is 456 g/mol. The van der Waals surface area contributed by atoms with Gasteiger partial charge >= 0.3 is 5.97 Å². The third-order valence-corrected chi connectivity index (χ3v) is 6.73. The highest BCUT2D eigenvalue weighted by Crippen LogP contribution is 2.24. The van der Waals surface area contributed by atoms with Crippen molar-refractivity contribution in [3.8, 4) is 5.75 Å². The van der Waals surface area contributed by atoms with Crippen LogP contribution in [-0.2, 0) is 19.6 Å². The number of hydrogen-bond acceptors (Lipinski definition) is 6. The highest BCUT2D eigenvalue weighted by atomic mass is 32.2. The summed E-state index contributed by atoms with van der Waals surface area (Å²) in [6, 6.07) is 19.4. The molecule has 0 aliphatic carbocycles. The van der Waals surface area contributed by atoms with E-state index in [0.29, 0.717) is 22.7 Å². The quantitative estimate of drug-likeness (QED) is 0.462. The Morgan fingerprint density at radius 1 is 0.912 bits per heavy atom. The average molecular weight is 483 g/mol. The summed E-state index contributed by atoms with van der Waals surface area (Å²) in [5.74, 6) is -0.394. The van der Waals surface area contributed by atoms with Crippen molar-refractivity contribution in [3.05, 3.63) is 83.9 Å². The highest BCUT2D eigenvalue weighted by Gasteiger charge is 2.21. The molecule has 0 bridgehead atoms. The Morgan fingerprint density at radius 2 is 1.53 bits per heavy atom. The number of ether oxygens (including phenoxy) is 2. The molecule has 3 rings (SSSR count). The fourth-order valence-electron chi connectivity index (χ4n) is 3.01. The summed E-state index contributed by atoms with van der Waals surface area (Å²) >= 11 is 0. The van der Waals surface area contributed by atoms with Crippen LogP contribution in [0.1, 0.15) is 22.8 Å². The van der Waals surface area contributed by atoms with Crippen molar-refractivity contribution < 1.29 is 27.5 Å². The summed E-state index contributed by atoms with van der Waals surface area (Å²) in [7, 11) is -2.22. The zero-order valence-electron chi connectivity index (χ0n) is 19.1. The average Bonchev–Trinajstić information content (AvgIpc) is 2.83. The molecule has 0 aliphatic heterocycles. The molecule has 0 atom stereocenters. The van der Waals surface area contributed by atoms with Crippen molar-refractivity contribution in [1.82, 2.24) is 0 Å². The number of sulfonamides is 1. The van der Waals surface area contributed by atoms with Gasteiger partial charge in [-0.3, -0.25) is 9.10 Å². The molecule has 1 amide bonds. The summed E-state index contributed by atoms with van der Waals surface area (Å²) in [5, 5.41) is 2.68. The van der Waals surface area contributed by atoms with Gasteiger partial charge in [0.15, 0.2) is 6.61 Å². The molecule has 3 aromatic carbocycles. The Labute approximate surface area is 199 Å². The molecule has 0 aromatic heterocycles. The predicted molar refractivity (Wildman–Crippen MR) is 130 cm³/mol. The van der Waals surface area contributed by atoms with Crippen molar-refractivity contribution in [2.75, 3.05) is 29.9 Å². The van der Waals surface area contributed by atoms with Gasteiger partial charge in [0.1, 0.15) is 5.75 Å². The van der Waals surface area contributed by atoms with E-state index in [1.165, 1.54) is 11.4 Å². The second-order valence-electron chi connectivity index (χ2n) is 7.41. The summed E-state index contributed by atoms with van der Waals surface area (Å²) in [5.41, 5.74) is 2.34. The molecule has 9 heteroatoms. The fraction of sp³-hybridized carbons (Fsp3) is 0.200. The molecule has 0 spiro atoms. The second kappa shape index (κ2) is 10.8. The van der Waals surface area contributed by atoms with Crippen LogP contribution in [-0.4, -0.2) is 40.6 Å².